The first-order valence-electron chi connectivity index (χ1n) is 11.8. The lowest BCUT2D eigenvalue weighted by molar-refractivity contribution is -0.118. The van der Waals surface area contributed by atoms with Crippen LogP contribution in [0.2, 0.25) is 0 Å². The minimum Gasteiger partial charge on any atom is -0.504 e. The number of fused-ring (bicyclic) bond motifs is 1. The van der Waals surface area contributed by atoms with Crippen molar-refractivity contribution in [2.75, 3.05) is 28.4 Å². The molecule has 194 valence electrons. The van der Waals surface area contributed by atoms with E-state index in [1.165, 1.54) is 26.4 Å². The van der Waals surface area contributed by atoms with Gasteiger partial charge in [0.15, 0.2) is 29.1 Å². The molecule has 0 saturated heterocycles. The van der Waals surface area contributed by atoms with Crippen molar-refractivity contribution in [3.63, 3.8) is 0 Å². The Labute approximate surface area is 219 Å². The number of rotatable bonds is 6. The van der Waals surface area contributed by atoms with E-state index in [4.69, 9.17) is 23.7 Å². The van der Waals surface area contributed by atoms with E-state index in [2.05, 4.69) is 0 Å². The van der Waals surface area contributed by atoms with Gasteiger partial charge in [0, 0.05) is 29.2 Å². The quantitative estimate of drug-likeness (QED) is 0.474. The van der Waals surface area contributed by atoms with Gasteiger partial charge in [-0.2, -0.15) is 0 Å². The number of methoxy groups -OCH3 is 4. The number of aromatic hydroxyl groups is 1. The molecule has 3 aromatic rings. The van der Waals surface area contributed by atoms with Crippen molar-refractivity contribution in [3.05, 3.63) is 100 Å². The first-order valence-corrected chi connectivity index (χ1v) is 11.8. The van der Waals surface area contributed by atoms with Crippen molar-refractivity contribution in [3.8, 4) is 28.7 Å². The molecule has 0 aromatic heterocycles. The number of carbonyl (C=O) groups excluding carboxylic acids is 2. The summed E-state index contributed by atoms with van der Waals surface area (Å²) >= 11 is 0. The standard InChI is InChI=1S/C30H26O8/c1-34-18-9-5-16(6-10-18)26-20-13-21(31)24(36-3)15-23(20)38-30(17-7-11-19(35-2)12-8-17)27-22(32)14-25(37-4)29(33)28(26)27/h5-15,26,30-31H,1-4H3. The molecular formula is C30H26O8. The average molecular weight is 515 g/mol. The van der Waals surface area contributed by atoms with E-state index >= 15 is 0 Å². The van der Waals surface area contributed by atoms with Crippen LogP contribution in [-0.4, -0.2) is 45.1 Å². The Morgan fingerprint density at radius 1 is 0.737 bits per heavy atom. The van der Waals surface area contributed by atoms with Gasteiger partial charge < -0.3 is 28.8 Å². The fraction of sp³-hybridized carbons (Fsp3) is 0.200. The molecule has 8 nitrogen and oxygen atoms in total. The predicted molar refractivity (Wildman–Crippen MR) is 138 cm³/mol. The number of ketones is 2. The first kappa shape index (κ1) is 25.0. The van der Waals surface area contributed by atoms with E-state index in [0.29, 0.717) is 33.9 Å². The van der Waals surface area contributed by atoms with Crippen LogP contribution in [0.5, 0.6) is 28.7 Å². The molecule has 5 rings (SSSR count). The lowest BCUT2D eigenvalue weighted by atomic mass is 9.76. The van der Waals surface area contributed by atoms with Gasteiger partial charge in [-0.25, -0.2) is 0 Å². The van der Waals surface area contributed by atoms with E-state index in [9.17, 15) is 14.7 Å². The lowest BCUT2D eigenvalue weighted by Crippen LogP contribution is -2.27. The summed E-state index contributed by atoms with van der Waals surface area (Å²) in [6, 6.07) is 17.3. The van der Waals surface area contributed by atoms with Gasteiger partial charge in [-0.15, -0.1) is 0 Å². The van der Waals surface area contributed by atoms with Crippen molar-refractivity contribution >= 4 is 11.6 Å². The zero-order valence-corrected chi connectivity index (χ0v) is 21.3. The number of hydrogen-bond donors (Lipinski definition) is 1. The second-order valence-corrected chi connectivity index (χ2v) is 8.77. The Bertz CT molecular complexity index is 1470. The number of ether oxygens (including phenoxy) is 5. The van der Waals surface area contributed by atoms with Crippen LogP contribution in [-0.2, 0) is 14.3 Å². The van der Waals surface area contributed by atoms with E-state index in [0.717, 1.165) is 0 Å². The predicted octanol–water partition coefficient (Wildman–Crippen LogP) is 4.66. The van der Waals surface area contributed by atoms with Crippen LogP contribution in [0.15, 0.2) is 83.6 Å². The number of allylic oxidation sites excluding steroid dienone is 2. The summed E-state index contributed by atoms with van der Waals surface area (Å²) in [7, 11) is 5.91. The van der Waals surface area contributed by atoms with Crippen molar-refractivity contribution in [2.45, 2.75) is 12.0 Å². The fourth-order valence-electron chi connectivity index (χ4n) is 4.91. The third-order valence-electron chi connectivity index (χ3n) is 6.79. The molecule has 0 radical (unpaired) electrons. The number of phenolic OH excluding ortho intramolecular Hbond substituents is 1. The normalized spacial score (nSPS) is 18.5. The molecule has 3 aromatic carbocycles. The van der Waals surface area contributed by atoms with Crippen LogP contribution in [0.25, 0.3) is 0 Å². The van der Waals surface area contributed by atoms with Gasteiger partial charge >= 0.3 is 0 Å². The topological polar surface area (TPSA) is 101 Å². The molecule has 0 spiro atoms. The van der Waals surface area contributed by atoms with Gasteiger partial charge in [-0.05, 0) is 41.5 Å². The highest BCUT2D eigenvalue weighted by molar-refractivity contribution is 6.23. The summed E-state index contributed by atoms with van der Waals surface area (Å²) in [5.41, 5.74) is 2.24. The zero-order valence-electron chi connectivity index (χ0n) is 21.3. The summed E-state index contributed by atoms with van der Waals surface area (Å²) in [5.74, 6) is 0.0124. The molecule has 2 aliphatic rings. The Kier molecular flexibility index (Phi) is 6.55. The van der Waals surface area contributed by atoms with E-state index in [1.54, 1.807) is 56.7 Å². The molecule has 2 atom stereocenters. The third-order valence-corrected chi connectivity index (χ3v) is 6.79. The van der Waals surface area contributed by atoms with Gasteiger partial charge in [-0.1, -0.05) is 24.3 Å². The third kappa shape index (κ3) is 4.14. The molecule has 1 N–H and O–H groups in total. The Morgan fingerprint density at radius 2 is 1.34 bits per heavy atom. The largest absolute Gasteiger partial charge is 0.504 e. The number of carbonyl (C=O) groups is 2. The first-order chi connectivity index (χ1) is 18.4. The molecule has 8 heteroatoms. The highest BCUT2D eigenvalue weighted by Crippen LogP contribution is 2.51. The summed E-state index contributed by atoms with van der Waals surface area (Å²) < 4.78 is 27.8. The molecule has 1 aliphatic heterocycles. The molecular weight excluding hydrogens is 488 g/mol. The van der Waals surface area contributed by atoms with Crippen LogP contribution < -0.4 is 18.9 Å². The van der Waals surface area contributed by atoms with Crippen molar-refractivity contribution in [2.24, 2.45) is 0 Å². The maximum Gasteiger partial charge on any atom is 0.225 e. The number of hydrogen-bond acceptors (Lipinski definition) is 8. The molecule has 0 amide bonds. The van der Waals surface area contributed by atoms with E-state index in [-0.39, 0.29) is 28.4 Å². The number of phenols is 1. The number of Topliss-reactive ketones (excluding diaryl/α,β-unsaturated/α-hetero) is 1. The van der Waals surface area contributed by atoms with Crippen molar-refractivity contribution in [1.29, 1.82) is 0 Å². The Hall–Kier alpha value is -4.72. The van der Waals surface area contributed by atoms with Gasteiger partial charge in [0.05, 0.1) is 34.0 Å². The molecule has 2 unspecified atom stereocenters. The molecule has 0 fully saturated rings. The molecule has 38 heavy (non-hydrogen) atoms. The van der Waals surface area contributed by atoms with Crippen LogP contribution in [0.1, 0.15) is 28.7 Å². The summed E-state index contributed by atoms with van der Waals surface area (Å²) in [6.45, 7) is 0. The molecule has 0 bridgehead atoms. The monoisotopic (exact) mass is 514 g/mol. The number of benzene rings is 3. The minimum atomic E-state index is -0.932. The van der Waals surface area contributed by atoms with Gasteiger partial charge in [0.25, 0.3) is 0 Å². The second-order valence-electron chi connectivity index (χ2n) is 8.77. The molecule has 1 heterocycles. The Balaban J connectivity index is 1.83. The highest BCUT2D eigenvalue weighted by Gasteiger charge is 2.43. The minimum absolute atomic E-state index is 0.0677. The van der Waals surface area contributed by atoms with Crippen molar-refractivity contribution in [1.82, 2.24) is 0 Å². The molecule has 1 aliphatic carbocycles. The van der Waals surface area contributed by atoms with Gasteiger partial charge in [0.2, 0.25) is 5.78 Å². The summed E-state index contributed by atoms with van der Waals surface area (Å²) in [5, 5.41) is 10.7. The van der Waals surface area contributed by atoms with Crippen LogP contribution in [0.4, 0.5) is 0 Å². The van der Waals surface area contributed by atoms with Gasteiger partial charge in [0.1, 0.15) is 17.2 Å². The summed E-state index contributed by atoms with van der Waals surface area (Å²) in [4.78, 5) is 27.6. The van der Waals surface area contributed by atoms with Crippen LogP contribution in [0.3, 0.4) is 0 Å². The Morgan fingerprint density at radius 3 is 1.89 bits per heavy atom. The second kappa shape index (κ2) is 9.97. The summed E-state index contributed by atoms with van der Waals surface area (Å²) in [6.07, 6.45) is 0.262. The van der Waals surface area contributed by atoms with Gasteiger partial charge in [-0.3, -0.25) is 9.59 Å². The van der Waals surface area contributed by atoms with Crippen LogP contribution >= 0.6 is 0 Å². The fourth-order valence-corrected chi connectivity index (χ4v) is 4.91. The maximum absolute atomic E-state index is 13.9. The highest BCUT2D eigenvalue weighted by atomic mass is 16.5. The zero-order chi connectivity index (χ0) is 27.0. The molecule has 0 saturated carbocycles. The average Bonchev–Trinajstić information content (AvgIpc) is 3.09. The lowest BCUT2D eigenvalue weighted by Gasteiger charge is -2.26. The smallest absolute Gasteiger partial charge is 0.225 e. The maximum atomic E-state index is 13.9. The van der Waals surface area contributed by atoms with Crippen molar-refractivity contribution < 1.29 is 38.4 Å². The SMILES string of the molecule is COC1=CC(=O)C2=C(C1=O)C(c1ccc(OC)cc1)c1cc(O)c(OC)cc1OC2c1ccc(OC)cc1. The van der Waals surface area contributed by atoms with Crippen LogP contribution in [0, 0.1) is 0 Å². The van der Waals surface area contributed by atoms with E-state index < -0.39 is 23.6 Å². The van der Waals surface area contributed by atoms with E-state index in [1.807, 2.05) is 12.1 Å².